The molecular formula is C21H26N4O3S. The summed E-state index contributed by atoms with van der Waals surface area (Å²) in [5, 5.41) is 4.39. The number of benzene rings is 1. The van der Waals surface area contributed by atoms with Crippen LogP contribution >= 0.6 is 0 Å². The lowest BCUT2D eigenvalue weighted by atomic mass is 10.0. The number of nitrogens with zero attached hydrogens (tertiary/aromatic N) is 1. The standard InChI is InChI=1S/C21H26N4O3S/c1-29(26,27)25-12-15-4-6-17(7-5-15)18-13-24-21-20(18)19(8-10-23-21)28-14-16-3-2-9-22-11-16/h4-8,10,13,16,22,25H,2-3,9,11-12,14H2,1H3,(H,23,24)/t16-/m1/s1. The van der Waals surface area contributed by atoms with Gasteiger partial charge in [-0.1, -0.05) is 24.3 Å². The minimum Gasteiger partial charge on any atom is -0.492 e. The number of nitrogens with one attached hydrogen (secondary N) is 3. The van der Waals surface area contributed by atoms with E-state index in [1.54, 1.807) is 6.20 Å². The van der Waals surface area contributed by atoms with Gasteiger partial charge >= 0.3 is 0 Å². The van der Waals surface area contributed by atoms with Crippen molar-refractivity contribution < 1.29 is 13.2 Å². The molecule has 0 saturated carbocycles. The van der Waals surface area contributed by atoms with E-state index in [-0.39, 0.29) is 6.54 Å². The van der Waals surface area contributed by atoms with Crippen LogP contribution in [0.2, 0.25) is 0 Å². The van der Waals surface area contributed by atoms with Crippen molar-refractivity contribution in [1.82, 2.24) is 20.0 Å². The van der Waals surface area contributed by atoms with Crippen LogP contribution in [0.3, 0.4) is 0 Å². The van der Waals surface area contributed by atoms with E-state index in [1.807, 2.05) is 36.5 Å². The van der Waals surface area contributed by atoms with Crippen LogP contribution in [-0.2, 0) is 16.6 Å². The maximum Gasteiger partial charge on any atom is 0.209 e. The predicted octanol–water partition coefficient (Wildman–Crippen LogP) is 2.66. The minimum atomic E-state index is -3.21. The summed E-state index contributed by atoms with van der Waals surface area (Å²) in [6.07, 6.45) is 7.23. The lowest BCUT2D eigenvalue weighted by Crippen LogP contribution is -2.33. The maximum atomic E-state index is 11.3. The van der Waals surface area contributed by atoms with Gasteiger partial charge in [0.1, 0.15) is 11.4 Å². The molecule has 154 valence electrons. The summed E-state index contributed by atoms with van der Waals surface area (Å²) < 4.78 is 31.3. The van der Waals surface area contributed by atoms with E-state index >= 15 is 0 Å². The zero-order chi connectivity index (χ0) is 20.3. The Labute approximate surface area is 170 Å². The summed E-state index contributed by atoms with van der Waals surface area (Å²) >= 11 is 0. The van der Waals surface area contributed by atoms with Crippen LogP contribution in [0.1, 0.15) is 18.4 Å². The SMILES string of the molecule is CS(=O)(=O)NCc1ccc(-c2c[nH]c3nccc(OC[C@@H]4CCCNC4)c23)cc1. The first kappa shape index (κ1) is 19.9. The number of ether oxygens (including phenoxy) is 1. The lowest BCUT2D eigenvalue weighted by molar-refractivity contribution is 0.220. The van der Waals surface area contributed by atoms with E-state index < -0.39 is 10.0 Å². The number of aromatic nitrogens is 2. The summed E-state index contributed by atoms with van der Waals surface area (Å²) in [5.74, 6) is 1.36. The Bertz CT molecular complexity index is 1070. The van der Waals surface area contributed by atoms with Crippen molar-refractivity contribution in [2.45, 2.75) is 19.4 Å². The van der Waals surface area contributed by atoms with E-state index in [0.29, 0.717) is 12.5 Å². The van der Waals surface area contributed by atoms with Gasteiger partial charge in [0.2, 0.25) is 10.0 Å². The normalized spacial score (nSPS) is 17.5. The van der Waals surface area contributed by atoms with Crippen molar-refractivity contribution in [1.29, 1.82) is 0 Å². The molecule has 1 fully saturated rings. The molecule has 1 aromatic carbocycles. The topological polar surface area (TPSA) is 96.1 Å². The van der Waals surface area contributed by atoms with Crippen molar-refractivity contribution in [3.05, 3.63) is 48.3 Å². The Balaban J connectivity index is 1.55. The molecule has 29 heavy (non-hydrogen) atoms. The monoisotopic (exact) mass is 414 g/mol. The predicted molar refractivity (Wildman–Crippen MR) is 114 cm³/mol. The number of hydrogen-bond acceptors (Lipinski definition) is 5. The third kappa shape index (κ3) is 4.95. The van der Waals surface area contributed by atoms with E-state index in [4.69, 9.17) is 4.74 Å². The summed E-state index contributed by atoms with van der Waals surface area (Å²) in [7, 11) is -3.21. The van der Waals surface area contributed by atoms with Gasteiger partial charge in [-0.2, -0.15) is 0 Å². The van der Waals surface area contributed by atoms with E-state index in [9.17, 15) is 8.42 Å². The number of aromatic amines is 1. The van der Waals surface area contributed by atoms with Gasteiger partial charge in [-0.3, -0.25) is 0 Å². The van der Waals surface area contributed by atoms with Crippen molar-refractivity contribution >= 4 is 21.1 Å². The second-order valence-corrected chi connectivity index (χ2v) is 9.38. The Morgan fingerprint density at radius 2 is 2.07 bits per heavy atom. The first-order chi connectivity index (χ1) is 14.0. The van der Waals surface area contributed by atoms with Crippen LogP contribution < -0.4 is 14.8 Å². The van der Waals surface area contributed by atoms with E-state index in [2.05, 4.69) is 20.0 Å². The van der Waals surface area contributed by atoms with Gasteiger partial charge in [0.05, 0.1) is 18.2 Å². The van der Waals surface area contributed by atoms with Gasteiger partial charge in [0, 0.05) is 37.0 Å². The molecule has 1 saturated heterocycles. The zero-order valence-corrected chi connectivity index (χ0v) is 17.3. The number of piperidine rings is 1. The average molecular weight is 415 g/mol. The molecule has 1 aliphatic rings. The van der Waals surface area contributed by atoms with Gasteiger partial charge < -0.3 is 15.0 Å². The number of sulfonamides is 1. The molecule has 3 heterocycles. The summed E-state index contributed by atoms with van der Waals surface area (Å²) in [4.78, 5) is 7.66. The highest BCUT2D eigenvalue weighted by atomic mass is 32.2. The van der Waals surface area contributed by atoms with Crippen molar-refractivity contribution in [2.24, 2.45) is 5.92 Å². The molecule has 0 radical (unpaired) electrons. The molecule has 4 rings (SSSR count). The Morgan fingerprint density at radius 3 is 2.79 bits per heavy atom. The Kier molecular flexibility index (Phi) is 5.84. The number of rotatable bonds is 7. The highest BCUT2D eigenvalue weighted by molar-refractivity contribution is 7.88. The van der Waals surface area contributed by atoms with E-state index in [0.717, 1.165) is 52.8 Å². The molecule has 8 heteroatoms. The second-order valence-electron chi connectivity index (χ2n) is 7.55. The molecule has 0 amide bonds. The van der Waals surface area contributed by atoms with Crippen LogP contribution in [0.25, 0.3) is 22.2 Å². The van der Waals surface area contributed by atoms with Crippen molar-refractivity contribution in [2.75, 3.05) is 26.0 Å². The number of H-pyrrole nitrogens is 1. The second kappa shape index (κ2) is 8.52. The van der Waals surface area contributed by atoms with Gasteiger partial charge in [-0.15, -0.1) is 0 Å². The zero-order valence-electron chi connectivity index (χ0n) is 16.4. The summed E-state index contributed by atoms with van der Waals surface area (Å²) in [6, 6.07) is 9.75. The fraction of sp³-hybridized carbons (Fsp3) is 0.381. The molecule has 0 unspecified atom stereocenters. The van der Waals surface area contributed by atoms with Crippen molar-refractivity contribution in [3.8, 4) is 16.9 Å². The first-order valence-electron chi connectivity index (χ1n) is 9.83. The van der Waals surface area contributed by atoms with Crippen LogP contribution in [0.4, 0.5) is 0 Å². The molecule has 1 aliphatic heterocycles. The van der Waals surface area contributed by atoms with Crippen LogP contribution in [0.5, 0.6) is 5.75 Å². The van der Waals surface area contributed by atoms with Gasteiger partial charge in [-0.05, 0) is 36.6 Å². The molecule has 0 aliphatic carbocycles. The third-order valence-corrected chi connectivity index (χ3v) is 5.88. The number of fused-ring (bicyclic) bond motifs is 1. The smallest absolute Gasteiger partial charge is 0.209 e. The van der Waals surface area contributed by atoms with Crippen molar-refractivity contribution in [3.63, 3.8) is 0 Å². The van der Waals surface area contributed by atoms with Crippen LogP contribution in [0, 0.1) is 5.92 Å². The molecule has 3 N–H and O–H groups in total. The average Bonchev–Trinajstić information content (AvgIpc) is 3.16. The van der Waals surface area contributed by atoms with Gasteiger partial charge in [0.15, 0.2) is 0 Å². The highest BCUT2D eigenvalue weighted by Gasteiger charge is 2.17. The lowest BCUT2D eigenvalue weighted by Gasteiger charge is -2.23. The summed E-state index contributed by atoms with van der Waals surface area (Å²) in [5.41, 5.74) is 3.74. The Hall–Kier alpha value is -2.42. The molecular weight excluding hydrogens is 388 g/mol. The number of hydrogen-bond donors (Lipinski definition) is 3. The molecule has 0 spiro atoms. The van der Waals surface area contributed by atoms with Crippen LogP contribution in [0.15, 0.2) is 42.7 Å². The molecule has 2 aromatic heterocycles. The quantitative estimate of drug-likeness (QED) is 0.552. The molecule has 1 atom stereocenters. The molecule has 3 aromatic rings. The largest absolute Gasteiger partial charge is 0.492 e. The maximum absolute atomic E-state index is 11.3. The fourth-order valence-electron chi connectivity index (χ4n) is 3.66. The van der Waals surface area contributed by atoms with Gasteiger partial charge in [0.25, 0.3) is 0 Å². The van der Waals surface area contributed by atoms with Gasteiger partial charge in [-0.25, -0.2) is 18.1 Å². The molecule has 7 nitrogen and oxygen atoms in total. The highest BCUT2D eigenvalue weighted by Crippen LogP contribution is 2.34. The Morgan fingerprint density at radius 1 is 1.24 bits per heavy atom. The van der Waals surface area contributed by atoms with E-state index in [1.165, 1.54) is 12.8 Å². The minimum absolute atomic E-state index is 0.276. The summed E-state index contributed by atoms with van der Waals surface area (Å²) in [6.45, 7) is 3.05. The van der Waals surface area contributed by atoms with Crippen LogP contribution in [-0.4, -0.2) is 44.3 Å². The first-order valence-corrected chi connectivity index (χ1v) is 11.7. The number of pyridine rings is 1. The fourth-order valence-corrected chi connectivity index (χ4v) is 4.09. The molecule has 0 bridgehead atoms. The third-order valence-electron chi connectivity index (χ3n) is 5.21.